The van der Waals surface area contributed by atoms with Crippen molar-refractivity contribution >= 4 is 11.6 Å². The molecule has 0 aliphatic rings. The van der Waals surface area contributed by atoms with E-state index in [0.29, 0.717) is 0 Å². The number of aromatic nitrogens is 2. The van der Waals surface area contributed by atoms with E-state index in [1.54, 1.807) is 7.05 Å². The Balaban J connectivity index is 3.35. The molecule has 1 rings (SSSR count). The van der Waals surface area contributed by atoms with Crippen molar-refractivity contribution in [1.29, 1.82) is 0 Å². The van der Waals surface area contributed by atoms with E-state index >= 15 is 0 Å². The maximum Gasteiger partial charge on any atom is 0.282 e. The largest absolute Gasteiger partial charge is 0.294 e. The van der Waals surface area contributed by atoms with Crippen molar-refractivity contribution in [3.05, 3.63) is 21.6 Å². The average molecular weight is 133 g/mol. The lowest BCUT2D eigenvalue weighted by molar-refractivity contribution is 0.756. The monoisotopic (exact) mass is 132 g/mol. The molecule has 0 fully saturated rings. The summed E-state index contributed by atoms with van der Waals surface area (Å²) in [5, 5.41) is 2.67. The Labute approximate surface area is 50.9 Å². The Bertz CT molecular complexity index is 236. The van der Waals surface area contributed by atoms with Gasteiger partial charge in [0.15, 0.2) is 0 Å². The predicted octanol–water partition coefficient (Wildman–Crippen LogP) is 0.367. The zero-order chi connectivity index (χ0) is 6.15. The molecule has 0 bridgehead atoms. The lowest BCUT2D eigenvalue weighted by atomic mass is 10.7. The molecule has 0 atom stereocenters. The highest BCUT2D eigenvalue weighted by Gasteiger charge is 1.93. The number of nitrogens with one attached hydrogen (secondary N) is 1. The summed E-state index contributed by atoms with van der Waals surface area (Å²) in [5.74, 6) is 0. The van der Waals surface area contributed by atoms with E-state index in [9.17, 15) is 4.79 Å². The molecule has 1 aromatic heterocycles. The van der Waals surface area contributed by atoms with Crippen molar-refractivity contribution in [3.63, 3.8) is 0 Å². The van der Waals surface area contributed by atoms with Crippen LogP contribution in [0.5, 0.6) is 0 Å². The summed E-state index contributed by atoms with van der Waals surface area (Å²) < 4.78 is 1.50. The van der Waals surface area contributed by atoms with Crippen molar-refractivity contribution < 1.29 is 0 Å². The topological polar surface area (TPSA) is 37.8 Å². The number of rotatable bonds is 0. The molecule has 8 heavy (non-hydrogen) atoms. The van der Waals surface area contributed by atoms with Gasteiger partial charge in [0.2, 0.25) is 0 Å². The Hall–Kier alpha value is -0.700. The molecule has 0 aromatic carbocycles. The van der Waals surface area contributed by atoms with Gasteiger partial charge in [-0.2, -0.15) is 0 Å². The van der Waals surface area contributed by atoms with Crippen LogP contribution in [0.4, 0.5) is 0 Å². The molecule has 0 amide bonds. The Kier molecular flexibility index (Phi) is 1.13. The quantitative estimate of drug-likeness (QED) is 0.544. The van der Waals surface area contributed by atoms with Crippen molar-refractivity contribution in [3.8, 4) is 0 Å². The normalized spacial score (nSPS) is 9.75. The zero-order valence-electron chi connectivity index (χ0n) is 4.31. The van der Waals surface area contributed by atoms with Crippen LogP contribution in [0.1, 0.15) is 0 Å². The van der Waals surface area contributed by atoms with Gasteiger partial charge in [-0.25, -0.2) is 0 Å². The first-order chi connectivity index (χ1) is 3.70. The minimum Gasteiger partial charge on any atom is -0.294 e. The van der Waals surface area contributed by atoms with Crippen LogP contribution in [-0.2, 0) is 7.05 Å². The fraction of sp³-hybridized carbons (Fsp3) is 0.250. The van der Waals surface area contributed by atoms with Crippen LogP contribution in [0.3, 0.4) is 0 Å². The number of halogens is 1. The van der Waals surface area contributed by atoms with E-state index in [-0.39, 0.29) is 10.6 Å². The first kappa shape index (κ1) is 5.44. The van der Waals surface area contributed by atoms with Crippen LogP contribution >= 0.6 is 11.6 Å². The van der Waals surface area contributed by atoms with Gasteiger partial charge in [0.1, 0.15) is 5.02 Å². The van der Waals surface area contributed by atoms with Gasteiger partial charge >= 0.3 is 0 Å². The molecule has 1 heterocycles. The minimum atomic E-state index is -0.242. The molecule has 1 N–H and O–H groups in total. The lowest BCUT2D eigenvalue weighted by Crippen LogP contribution is -2.01. The number of aryl methyl sites for hydroxylation is 1. The van der Waals surface area contributed by atoms with Gasteiger partial charge in [-0.05, 0) is 0 Å². The average Bonchev–Trinajstić information content (AvgIpc) is 1.85. The summed E-state index contributed by atoms with van der Waals surface area (Å²) >= 11 is 5.36. The second kappa shape index (κ2) is 1.67. The van der Waals surface area contributed by atoms with Crippen LogP contribution < -0.4 is 5.56 Å². The van der Waals surface area contributed by atoms with Crippen molar-refractivity contribution in [2.75, 3.05) is 0 Å². The molecule has 0 saturated carbocycles. The summed E-state index contributed by atoms with van der Waals surface area (Å²) in [4.78, 5) is 10.4. The van der Waals surface area contributed by atoms with Gasteiger partial charge < -0.3 is 0 Å². The number of hydrogen-bond acceptors (Lipinski definition) is 1. The Morgan fingerprint density at radius 2 is 2.50 bits per heavy atom. The molecular weight excluding hydrogens is 128 g/mol. The molecule has 0 spiro atoms. The van der Waals surface area contributed by atoms with Gasteiger partial charge in [-0.1, -0.05) is 11.6 Å². The van der Waals surface area contributed by atoms with Gasteiger partial charge in [-0.3, -0.25) is 14.6 Å². The minimum absolute atomic E-state index is 0.229. The third kappa shape index (κ3) is 0.767. The van der Waals surface area contributed by atoms with Crippen molar-refractivity contribution in [2.45, 2.75) is 0 Å². The third-order valence-corrected chi connectivity index (χ3v) is 1.07. The van der Waals surface area contributed by atoms with E-state index in [2.05, 4.69) is 5.10 Å². The van der Waals surface area contributed by atoms with E-state index in [0.717, 1.165) is 0 Å². The smallest absolute Gasteiger partial charge is 0.282 e. The van der Waals surface area contributed by atoms with Crippen LogP contribution in [0.2, 0.25) is 5.02 Å². The van der Waals surface area contributed by atoms with Crippen LogP contribution in [-0.4, -0.2) is 9.78 Å². The maximum atomic E-state index is 10.4. The Morgan fingerprint density at radius 1 is 1.88 bits per heavy atom. The second-order valence-corrected chi connectivity index (χ2v) is 1.94. The fourth-order valence-electron chi connectivity index (χ4n) is 0.474. The molecule has 1 aromatic rings. The number of H-pyrrole nitrogens is 1. The van der Waals surface area contributed by atoms with Gasteiger partial charge in [-0.15, -0.1) is 0 Å². The zero-order valence-corrected chi connectivity index (χ0v) is 5.07. The summed E-state index contributed by atoms with van der Waals surface area (Å²) in [6, 6.07) is 0. The first-order valence-corrected chi connectivity index (χ1v) is 2.49. The maximum absolute atomic E-state index is 10.4. The van der Waals surface area contributed by atoms with E-state index < -0.39 is 0 Å². The molecule has 0 aliphatic carbocycles. The third-order valence-electron chi connectivity index (χ3n) is 0.802. The van der Waals surface area contributed by atoms with Gasteiger partial charge in [0.25, 0.3) is 5.56 Å². The fourth-order valence-corrected chi connectivity index (χ4v) is 0.663. The molecule has 0 radical (unpaired) electrons. The van der Waals surface area contributed by atoms with Crippen molar-refractivity contribution in [1.82, 2.24) is 9.78 Å². The molecule has 3 nitrogen and oxygen atoms in total. The van der Waals surface area contributed by atoms with Crippen LogP contribution in [0.25, 0.3) is 0 Å². The van der Waals surface area contributed by atoms with Crippen molar-refractivity contribution in [2.24, 2.45) is 7.05 Å². The molecule has 4 heteroatoms. The summed E-state index contributed by atoms with van der Waals surface area (Å²) in [6.45, 7) is 0. The number of aromatic amines is 1. The molecule has 0 saturated heterocycles. The highest BCUT2D eigenvalue weighted by molar-refractivity contribution is 6.30. The second-order valence-electron chi connectivity index (χ2n) is 1.53. The highest BCUT2D eigenvalue weighted by Crippen LogP contribution is 1.94. The van der Waals surface area contributed by atoms with Crippen LogP contribution in [0.15, 0.2) is 11.0 Å². The summed E-state index contributed by atoms with van der Waals surface area (Å²) in [6.07, 6.45) is 1.52. The molecule has 0 aliphatic heterocycles. The SMILES string of the molecule is Cn1cc(Cl)c(=O)[nH]1. The first-order valence-electron chi connectivity index (χ1n) is 2.11. The van der Waals surface area contributed by atoms with Gasteiger partial charge in [0.05, 0.1) is 0 Å². The van der Waals surface area contributed by atoms with E-state index in [1.165, 1.54) is 10.9 Å². The summed E-state index contributed by atoms with van der Waals surface area (Å²) in [7, 11) is 1.70. The molecule has 0 unspecified atom stereocenters. The number of hydrogen-bond donors (Lipinski definition) is 1. The van der Waals surface area contributed by atoms with Gasteiger partial charge in [0, 0.05) is 13.2 Å². The van der Waals surface area contributed by atoms with E-state index in [4.69, 9.17) is 11.6 Å². The number of nitrogens with zero attached hydrogens (tertiary/aromatic N) is 1. The van der Waals surface area contributed by atoms with Crippen LogP contribution in [0, 0.1) is 0 Å². The molecule has 44 valence electrons. The highest BCUT2D eigenvalue weighted by atomic mass is 35.5. The summed E-state index contributed by atoms with van der Waals surface area (Å²) in [5.41, 5.74) is -0.242. The lowest BCUT2D eigenvalue weighted by Gasteiger charge is -1.80. The van der Waals surface area contributed by atoms with E-state index in [1.807, 2.05) is 0 Å². The molecular formula is C4H5ClN2O. The standard InChI is InChI=1S/C4H5ClN2O/c1-7-2-3(5)4(8)6-7/h2H,1H3,(H,6,8). The Morgan fingerprint density at radius 3 is 2.62 bits per heavy atom. The predicted molar refractivity (Wildman–Crippen MR) is 31.0 cm³/mol.